The molecule has 0 saturated heterocycles. The van der Waals surface area contributed by atoms with Crippen LogP contribution in [0.1, 0.15) is 10.5 Å². The molecule has 0 aliphatic carbocycles. The minimum atomic E-state index is -0.274. The van der Waals surface area contributed by atoms with Gasteiger partial charge in [0, 0.05) is 30.7 Å². The van der Waals surface area contributed by atoms with Crippen molar-refractivity contribution < 1.29 is 14.3 Å². The van der Waals surface area contributed by atoms with Crippen LogP contribution >= 0.6 is 0 Å². The van der Waals surface area contributed by atoms with Gasteiger partial charge in [-0.1, -0.05) is 0 Å². The minimum Gasteiger partial charge on any atom is -0.486 e. The molecule has 0 radical (unpaired) electrons. The Balaban J connectivity index is 1.78. The maximum atomic E-state index is 12.2. The Morgan fingerprint density at radius 3 is 2.71 bits per heavy atom. The highest BCUT2D eigenvalue weighted by molar-refractivity contribution is 6.03. The van der Waals surface area contributed by atoms with Gasteiger partial charge in [0.2, 0.25) is 0 Å². The molecule has 21 heavy (non-hydrogen) atoms. The highest BCUT2D eigenvalue weighted by atomic mass is 16.6. The number of carbonyl (C=O) groups is 1. The zero-order chi connectivity index (χ0) is 14.7. The van der Waals surface area contributed by atoms with Crippen molar-refractivity contribution in [3.8, 4) is 11.5 Å². The van der Waals surface area contributed by atoms with Gasteiger partial charge in [-0.3, -0.25) is 9.78 Å². The Morgan fingerprint density at radius 2 is 1.90 bits per heavy atom. The van der Waals surface area contributed by atoms with Gasteiger partial charge in [0.25, 0.3) is 5.91 Å². The molecule has 0 saturated carbocycles. The molecule has 2 aromatic rings. The third-order valence-corrected chi connectivity index (χ3v) is 3.08. The molecule has 108 valence electrons. The maximum Gasteiger partial charge on any atom is 0.274 e. The summed E-state index contributed by atoms with van der Waals surface area (Å²) in [6, 6.07) is 8.78. The van der Waals surface area contributed by atoms with E-state index in [0.29, 0.717) is 36.1 Å². The van der Waals surface area contributed by atoms with Gasteiger partial charge in [-0.2, -0.15) is 0 Å². The van der Waals surface area contributed by atoms with Gasteiger partial charge in [-0.05, 0) is 24.3 Å². The largest absolute Gasteiger partial charge is 0.486 e. The van der Waals surface area contributed by atoms with E-state index < -0.39 is 0 Å². The average Bonchev–Trinajstić information content (AvgIpc) is 2.54. The lowest BCUT2D eigenvalue weighted by atomic mass is 10.2. The zero-order valence-corrected chi connectivity index (χ0v) is 11.6. The van der Waals surface area contributed by atoms with Crippen molar-refractivity contribution in [3.63, 3.8) is 0 Å². The SMILES string of the molecule is CNc1ccnc(C(=O)Nc2ccc3c(c2)OCCO3)c1. The van der Waals surface area contributed by atoms with Gasteiger partial charge in [0.1, 0.15) is 18.9 Å². The number of fused-ring (bicyclic) bond motifs is 1. The summed E-state index contributed by atoms with van der Waals surface area (Å²) in [6.07, 6.45) is 1.59. The Kier molecular flexibility index (Phi) is 3.59. The zero-order valence-electron chi connectivity index (χ0n) is 11.6. The molecule has 0 fully saturated rings. The summed E-state index contributed by atoms with van der Waals surface area (Å²) in [7, 11) is 1.79. The first-order chi connectivity index (χ1) is 10.3. The van der Waals surface area contributed by atoms with Crippen molar-refractivity contribution in [2.45, 2.75) is 0 Å². The van der Waals surface area contributed by atoms with Crippen LogP contribution in [0.15, 0.2) is 36.5 Å². The van der Waals surface area contributed by atoms with Crippen molar-refractivity contribution in [3.05, 3.63) is 42.2 Å². The van der Waals surface area contributed by atoms with E-state index in [1.165, 1.54) is 0 Å². The van der Waals surface area contributed by atoms with Gasteiger partial charge < -0.3 is 20.1 Å². The number of pyridine rings is 1. The highest BCUT2D eigenvalue weighted by Gasteiger charge is 2.14. The summed E-state index contributed by atoms with van der Waals surface area (Å²) in [5.41, 5.74) is 1.81. The fourth-order valence-corrected chi connectivity index (χ4v) is 2.03. The molecule has 0 spiro atoms. The molecular weight excluding hydrogens is 270 g/mol. The van der Waals surface area contributed by atoms with Crippen LogP contribution in [0.5, 0.6) is 11.5 Å². The maximum absolute atomic E-state index is 12.2. The Morgan fingerprint density at radius 1 is 1.10 bits per heavy atom. The second-order valence-electron chi connectivity index (χ2n) is 4.49. The topological polar surface area (TPSA) is 72.5 Å². The van der Waals surface area contributed by atoms with Crippen LogP contribution in [0.2, 0.25) is 0 Å². The summed E-state index contributed by atoms with van der Waals surface area (Å²) in [5, 5.41) is 5.77. The van der Waals surface area contributed by atoms with Crippen LogP contribution < -0.4 is 20.1 Å². The van der Waals surface area contributed by atoms with Gasteiger partial charge in [0.05, 0.1) is 0 Å². The summed E-state index contributed by atoms with van der Waals surface area (Å²) in [6.45, 7) is 1.05. The average molecular weight is 285 g/mol. The van der Waals surface area contributed by atoms with Crippen LogP contribution in [0.4, 0.5) is 11.4 Å². The van der Waals surface area contributed by atoms with Crippen LogP contribution in [-0.4, -0.2) is 31.2 Å². The van der Waals surface area contributed by atoms with E-state index in [4.69, 9.17) is 9.47 Å². The molecule has 1 aromatic carbocycles. The number of hydrogen-bond donors (Lipinski definition) is 2. The van der Waals surface area contributed by atoms with Gasteiger partial charge in [-0.25, -0.2) is 0 Å². The molecule has 6 heteroatoms. The molecule has 6 nitrogen and oxygen atoms in total. The normalized spacial score (nSPS) is 12.6. The van der Waals surface area contributed by atoms with Crippen LogP contribution in [0.25, 0.3) is 0 Å². The fourth-order valence-electron chi connectivity index (χ4n) is 2.03. The molecule has 1 aliphatic heterocycles. The van der Waals surface area contributed by atoms with Crippen LogP contribution in [0.3, 0.4) is 0 Å². The Hall–Kier alpha value is -2.76. The lowest BCUT2D eigenvalue weighted by molar-refractivity contribution is 0.102. The summed E-state index contributed by atoms with van der Waals surface area (Å²) >= 11 is 0. The van der Waals surface area contributed by atoms with E-state index in [-0.39, 0.29) is 5.91 Å². The number of nitrogens with zero attached hydrogens (tertiary/aromatic N) is 1. The van der Waals surface area contributed by atoms with E-state index in [0.717, 1.165) is 5.69 Å². The van der Waals surface area contributed by atoms with E-state index in [9.17, 15) is 4.79 Å². The number of aromatic nitrogens is 1. The van der Waals surface area contributed by atoms with Crippen LogP contribution in [-0.2, 0) is 0 Å². The van der Waals surface area contributed by atoms with Crippen molar-refractivity contribution >= 4 is 17.3 Å². The van der Waals surface area contributed by atoms with Crippen molar-refractivity contribution in [2.75, 3.05) is 30.9 Å². The van der Waals surface area contributed by atoms with Gasteiger partial charge >= 0.3 is 0 Å². The van der Waals surface area contributed by atoms with E-state index >= 15 is 0 Å². The first-order valence-corrected chi connectivity index (χ1v) is 6.61. The Bertz CT molecular complexity index is 673. The van der Waals surface area contributed by atoms with E-state index in [2.05, 4.69) is 15.6 Å². The summed E-state index contributed by atoms with van der Waals surface area (Å²) in [5.74, 6) is 1.05. The molecular formula is C15H15N3O3. The predicted molar refractivity (Wildman–Crippen MR) is 79.2 cm³/mol. The molecule has 0 bridgehead atoms. The number of ether oxygens (including phenoxy) is 2. The number of nitrogens with one attached hydrogen (secondary N) is 2. The third-order valence-electron chi connectivity index (χ3n) is 3.08. The summed E-state index contributed by atoms with van der Waals surface area (Å²) in [4.78, 5) is 16.2. The molecule has 1 amide bonds. The molecule has 2 heterocycles. The minimum absolute atomic E-state index is 0.274. The fraction of sp³-hybridized carbons (Fsp3) is 0.200. The van der Waals surface area contributed by atoms with Crippen molar-refractivity contribution in [2.24, 2.45) is 0 Å². The van der Waals surface area contributed by atoms with Crippen LogP contribution in [0, 0.1) is 0 Å². The molecule has 0 atom stereocenters. The monoisotopic (exact) mass is 285 g/mol. The second kappa shape index (κ2) is 5.70. The first-order valence-electron chi connectivity index (χ1n) is 6.61. The lowest BCUT2D eigenvalue weighted by Crippen LogP contribution is -2.17. The third kappa shape index (κ3) is 2.89. The molecule has 2 N–H and O–H groups in total. The number of benzene rings is 1. The van der Waals surface area contributed by atoms with E-state index in [1.807, 2.05) is 0 Å². The lowest BCUT2D eigenvalue weighted by Gasteiger charge is -2.19. The number of carbonyl (C=O) groups excluding carboxylic acids is 1. The number of anilines is 2. The number of hydrogen-bond acceptors (Lipinski definition) is 5. The smallest absolute Gasteiger partial charge is 0.274 e. The highest BCUT2D eigenvalue weighted by Crippen LogP contribution is 2.32. The number of rotatable bonds is 3. The standard InChI is InChI=1S/C15H15N3O3/c1-16-10-4-5-17-12(8-10)15(19)18-11-2-3-13-14(9-11)21-7-6-20-13/h2-5,8-9H,6-7H2,1H3,(H,16,17)(H,18,19). The van der Waals surface area contributed by atoms with Gasteiger partial charge in [-0.15, -0.1) is 0 Å². The number of amides is 1. The molecule has 0 unspecified atom stereocenters. The predicted octanol–water partition coefficient (Wildman–Crippen LogP) is 2.15. The molecule has 3 rings (SSSR count). The van der Waals surface area contributed by atoms with Gasteiger partial charge in [0.15, 0.2) is 11.5 Å². The van der Waals surface area contributed by atoms with Crippen molar-refractivity contribution in [1.82, 2.24) is 4.98 Å². The Labute approximate surface area is 122 Å². The quantitative estimate of drug-likeness (QED) is 0.904. The van der Waals surface area contributed by atoms with Crippen molar-refractivity contribution in [1.29, 1.82) is 0 Å². The summed E-state index contributed by atoms with van der Waals surface area (Å²) < 4.78 is 10.9. The van der Waals surface area contributed by atoms with E-state index in [1.54, 1.807) is 43.6 Å². The molecule has 1 aromatic heterocycles. The first kappa shape index (κ1) is 13.2. The second-order valence-corrected chi connectivity index (χ2v) is 4.49. The molecule has 1 aliphatic rings.